The van der Waals surface area contributed by atoms with Crippen molar-refractivity contribution in [2.75, 3.05) is 19.4 Å². The molecule has 1 fully saturated rings. The number of fused-ring (bicyclic) bond motifs is 5. The van der Waals surface area contributed by atoms with Crippen LogP contribution < -0.4 is 10.6 Å². The van der Waals surface area contributed by atoms with E-state index >= 15 is 0 Å². The van der Waals surface area contributed by atoms with Crippen molar-refractivity contribution in [1.29, 1.82) is 0 Å². The first-order valence-corrected chi connectivity index (χ1v) is 13.3. The lowest BCUT2D eigenvalue weighted by molar-refractivity contribution is -0.133. The van der Waals surface area contributed by atoms with Gasteiger partial charge in [0.2, 0.25) is 5.91 Å². The van der Waals surface area contributed by atoms with Gasteiger partial charge in [-0.05, 0) is 43.7 Å². The smallest absolute Gasteiger partial charge is 0.262 e. The van der Waals surface area contributed by atoms with Gasteiger partial charge in [0.25, 0.3) is 5.91 Å². The lowest BCUT2D eigenvalue weighted by Gasteiger charge is -2.33. The van der Waals surface area contributed by atoms with Crippen molar-refractivity contribution in [2.45, 2.75) is 56.9 Å². The van der Waals surface area contributed by atoms with Crippen LogP contribution in [0.3, 0.4) is 0 Å². The summed E-state index contributed by atoms with van der Waals surface area (Å²) in [5.74, 6) is 1.09. The van der Waals surface area contributed by atoms with Crippen molar-refractivity contribution in [1.82, 2.24) is 20.2 Å². The fraction of sp³-hybridized carbons (Fsp3) is 0.500. The van der Waals surface area contributed by atoms with E-state index in [1.807, 2.05) is 14.1 Å². The molecule has 1 unspecified atom stereocenters. The minimum absolute atomic E-state index is 0.0374. The van der Waals surface area contributed by atoms with E-state index in [0.717, 1.165) is 76.4 Å². The summed E-state index contributed by atoms with van der Waals surface area (Å²) in [7, 11) is 3.65. The second kappa shape index (κ2) is 7.77. The Morgan fingerprint density at radius 2 is 2.03 bits per heavy atom. The van der Waals surface area contributed by atoms with Gasteiger partial charge in [0.15, 0.2) is 0 Å². The number of rotatable bonds is 3. The summed E-state index contributed by atoms with van der Waals surface area (Å²) in [6, 6.07) is 2.15. The summed E-state index contributed by atoms with van der Waals surface area (Å²) < 4.78 is 0. The standard InChI is InChI=1S/C24H27N5O2S2/c1-29(2)23(31)13-6-7-14-16(10-13)32-22-18(14)20(25-12-26-22)27-17-11-15-19(33-17)21(30)28-24(15)8-4-3-5-9-24/h11-13H,3-10H2,1-2H3,(H,28,30)(H,25,26,27). The molecule has 0 saturated heterocycles. The molecule has 3 aromatic rings. The number of carbonyl (C=O) groups excluding carboxylic acids is 2. The van der Waals surface area contributed by atoms with Crippen molar-refractivity contribution in [3.63, 3.8) is 0 Å². The zero-order chi connectivity index (χ0) is 22.7. The van der Waals surface area contributed by atoms with E-state index in [4.69, 9.17) is 0 Å². The lowest BCUT2D eigenvalue weighted by Crippen LogP contribution is -2.40. The van der Waals surface area contributed by atoms with Gasteiger partial charge in [0, 0.05) is 30.5 Å². The van der Waals surface area contributed by atoms with Crippen LogP contribution in [0, 0.1) is 5.92 Å². The van der Waals surface area contributed by atoms with E-state index in [9.17, 15) is 9.59 Å². The molecule has 0 radical (unpaired) electrons. The molecule has 6 rings (SSSR count). The van der Waals surface area contributed by atoms with Gasteiger partial charge in [0.1, 0.15) is 17.0 Å². The van der Waals surface area contributed by atoms with Crippen LogP contribution in [0.5, 0.6) is 0 Å². The van der Waals surface area contributed by atoms with Crippen LogP contribution in [0.4, 0.5) is 10.8 Å². The molecule has 9 heteroatoms. The van der Waals surface area contributed by atoms with Gasteiger partial charge in [-0.2, -0.15) is 0 Å². The molecule has 172 valence electrons. The largest absolute Gasteiger partial charge is 0.349 e. The molecule has 1 aliphatic heterocycles. The molecule has 4 heterocycles. The molecule has 2 amide bonds. The highest BCUT2D eigenvalue weighted by atomic mass is 32.1. The maximum absolute atomic E-state index is 12.7. The minimum atomic E-state index is -0.183. The molecule has 3 aliphatic rings. The van der Waals surface area contributed by atoms with Crippen molar-refractivity contribution >= 4 is 55.5 Å². The fourth-order valence-electron chi connectivity index (χ4n) is 5.77. The van der Waals surface area contributed by atoms with E-state index in [2.05, 4.69) is 26.7 Å². The first kappa shape index (κ1) is 21.0. The van der Waals surface area contributed by atoms with E-state index in [1.54, 1.807) is 22.6 Å². The Labute approximate surface area is 200 Å². The number of nitrogens with one attached hydrogen (secondary N) is 2. The molecule has 1 atom stereocenters. The van der Waals surface area contributed by atoms with Crippen molar-refractivity contribution in [3.05, 3.63) is 33.3 Å². The number of amides is 2. The number of hydrogen-bond donors (Lipinski definition) is 2. The predicted molar refractivity (Wildman–Crippen MR) is 131 cm³/mol. The fourth-order valence-corrected chi connectivity index (χ4v) is 8.08. The molecule has 0 bridgehead atoms. The van der Waals surface area contributed by atoms with Crippen LogP contribution in [0.1, 0.15) is 64.2 Å². The number of aromatic nitrogens is 2. The van der Waals surface area contributed by atoms with Gasteiger partial charge in [-0.15, -0.1) is 22.7 Å². The Morgan fingerprint density at radius 3 is 2.82 bits per heavy atom. The van der Waals surface area contributed by atoms with Gasteiger partial charge in [-0.25, -0.2) is 9.97 Å². The van der Waals surface area contributed by atoms with Crippen molar-refractivity contribution in [2.24, 2.45) is 5.92 Å². The molecule has 1 saturated carbocycles. The third-order valence-corrected chi connectivity index (χ3v) is 9.60. The number of anilines is 2. The maximum Gasteiger partial charge on any atom is 0.262 e. The average molecular weight is 482 g/mol. The van der Waals surface area contributed by atoms with Gasteiger partial charge in [-0.1, -0.05) is 19.3 Å². The Kier molecular flexibility index (Phi) is 4.95. The third-order valence-electron chi connectivity index (χ3n) is 7.39. The number of carbonyl (C=O) groups is 2. The summed E-state index contributed by atoms with van der Waals surface area (Å²) in [6.45, 7) is 0. The second-order valence-electron chi connectivity index (χ2n) is 9.65. The predicted octanol–water partition coefficient (Wildman–Crippen LogP) is 4.59. The first-order chi connectivity index (χ1) is 15.9. The number of hydrogen-bond acceptors (Lipinski definition) is 7. The third kappa shape index (κ3) is 3.35. The number of nitrogens with zero attached hydrogens (tertiary/aromatic N) is 3. The number of aryl methyl sites for hydroxylation is 1. The van der Waals surface area contributed by atoms with Crippen LogP contribution in [0.15, 0.2) is 12.4 Å². The maximum atomic E-state index is 12.7. The first-order valence-electron chi connectivity index (χ1n) is 11.7. The van der Waals surface area contributed by atoms with Gasteiger partial charge < -0.3 is 15.5 Å². The highest BCUT2D eigenvalue weighted by Crippen LogP contribution is 2.48. The summed E-state index contributed by atoms with van der Waals surface area (Å²) in [5, 5.41) is 8.83. The van der Waals surface area contributed by atoms with Crippen molar-refractivity contribution in [3.8, 4) is 0 Å². The summed E-state index contributed by atoms with van der Waals surface area (Å²) in [4.78, 5) is 39.1. The van der Waals surface area contributed by atoms with Gasteiger partial charge >= 0.3 is 0 Å². The quantitative estimate of drug-likeness (QED) is 0.571. The minimum Gasteiger partial charge on any atom is -0.349 e. The summed E-state index contributed by atoms with van der Waals surface area (Å²) in [5.41, 5.74) is 2.24. The lowest BCUT2D eigenvalue weighted by atomic mass is 9.78. The topological polar surface area (TPSA) is 87.2 Å². The molecule has 2 N–H and O–H groups in total. The highest BCUT2D eigenvalue weighted by Gasteiger charge is 2.45. The zero-order valence-electron chi connectivity index (χ0n) is 18.9. The summed E-state index contributed by atoms with van der Waals surface area (Å²) >= 11 is 3.20. The Morgan fingerprint density at radius 1 is 1.21 bits per heavy atom. The molecular formula is C24H27N5O2S2. The van der Waals surface area contributed by atoms with Crippen LogP contribution in [-0.4, -0.2) is 40.8 Å². The highest BCUT2D eigenvalue weighted by molar-refractivity contribution is 7.19. The second-order valence-corrected chi connectivity index (χ2v) is 11.8. The van der Waals surface area contributed by atoms with Crippen molar-refractivity contribution < 1.29 is 9.59 Å². The van der Waals surface area contributed by atoms with E-state index in [-0.39, 0.29) is 23.3 Å². The monoisotopic (exact) mass is 481 g/mol. The zero-order valence-corrected chi connectivity index (χ0v) is 20.5. The van der Waals surface area contributed by atoms with Crippen LogP contribution in [0.25, 0.3) is 10.2 Å². The number of thiophene rings is 2. The molecular weight excluding hydrogens is 454 g/mol. The molecule has 7 nitrogen and oxygen atoms in total. The Hall–Kier alpha value is -2.52. The molecule has 3 aromatic heterocycles. The Balaban J connectivity index is 1.33. The van der Waals surface area contributed by atoms with Crippen LogP contribution in [-0.2, 0) is 23.2 Å². The summed E-state index contributed by atoms with van der Waals surface area (Å²) in [6.07, 6.45) is 9.66. The normalized spacial score (nSPS) is 21.0. The molecule has 0 aromatic carbocycles. The SMILES string of the molecule is CN(C)C(=O)C1CCc2c(sc3ncnc(Nc4cc5c(s4)C(=O)NC54CCCCC4)c23)C1. The average Bonchev–Trinajstić information content (AvgIpc) is 3.46. The van der Waals surface area contributed by atoms with Gasteiger partial charge in [-0.3, -0.25) is 9.59 Å². The van der Waals surface area contributed by atoms with Gasteiger partial charge in [0.05, 0.1) is 20.8 Å². The van der Waals surface area contributed by atoms with Crippen LogP contribution in [0.2, 0.25) is 0 Å². The van der Waals surface area contributed by atoms with E-state index in [0.29, 0.717) is 0 Å². The van der Waals surface area contributed by atoms with E-state index < -0.39 is 0 Å². The van der Waals surface area contributed by atoms with E-state index in [1.165, 1.54) is 28.2 Å². The van der Waals surface area contributed by atoms with Crippen LogP contribution >= 0.6 is 22.7 Å². The molecule has 1 spiro atoms. The Bertz CT molecular complexity index is 1270. The molecule has 2 aliphatic carbocycles. The molecule has 33 heavy (non-hydrogen) atoms.